The summed E-state index contributed by atoms with van der Waals surface area (Å²) < 4.78 is 6.14. The van der Waals surface area contributed by atoms with E-state index in [0.29, 0.717) is 28.5 Å². The highest BCUT2D eigenvalue weighted by molar-refractivity contribution is 9.10. The van der Waals surface area contributed by atoms with Crippen molar-refractivity contribution in [2.24, 2.45) is 0 Å². The minimum atomic E-state index is -0.102. The smallest absolute Gasteiger partial charge is 0.194 e. The largest absolute Gasteiger partial charge is 0.493 e. The lowest BCUT2D eigenvalue weighted by molar-refractivity contribution is 0.103. The molecular weight excluding hydrogens is 328 g/mol. The first-order valence-electron chi connectivity index (χ1n) is 5.85. The minimum Gasteiger partial charge on any atom is -0.493 e. The second kappa shape index (κ2) is 6.22. The Hall–Kier alpha value is -1.32. The van der Waals surface area contributed by atoms with E-state index >= 15 is 0 Å². The van der Waals surface area contributed by atoms with Crippen molar-refractivity contribution in [1.29, 1.82) is 0 Å². The van der Waals surface area contributed by atoms with E-state index in [4.69, 9.17) is 16.3 Å². The normalized spacial score (nSPS) is 10.3. The molecule has 2 nitrogen and oxygen atoms in total. The Bertz CT molecular complexity index is 597. The van der Waals surface area contributed by atoms with Gasteiger partial charge in [-0.25, -0.2) is 0 Å². The summed E-state index contributed by atoms with van der Waals surface area (Å²) in [7, 11) is 0. The molecule has 0 unspecified atom stereocenters. The van der Waals surface area contributed by atoms with Crippen LogP contribution in [0.2, 0.25) is 5.02 Å². The average Bonchev–Trinajstić information content (AvgIpc) is 2.43. The SMILES string of the molecule is CCOc1cc(Cl)c(C(=O)c2ccccc2)cc1Br. The number of halogens is 2. The number of rotatable bonds is 4. The highest BCUT2D eigenvalue weighted by Crippen LogP contribution is 2.32. The summed E-state index contributed by atoms with van der Waals surface area (Å²) in [5.74, 6) is 0.534. The molecule has 0 heterocycles. The minimum absolute atomic E-state index is 0.102. The Morgan fingerprint density at radius 3 is 2.58 bits per heavy atom. The molecule has 0 fully saturated rings. The average molecular weight is 340 g/mol. The van der Waals surface area contributed by atoms with Crippen molar-refractivity contribution < 1.29 is 9.53 Å². The van der Waals surface area contributed by atoms with E-state index in [9.17, 15) is 4.79 Å². The molecule has 0 saturated heterocycles. The summed E-state index contributed by atoms with van der Waals surface area (Å²) in [5, 5.41) is 0.389. The Labute approximate surface area is 125 Å². The zero-order valence-corrected chi connectivity index (χ0v) is 12.7. The quantitative estimate of drug-likeness (QED) is 0.753. The van der Waals surface area contributed by atoms with Gasteiger partial charge in [0.15, 0.2) is 5.78 Å². The van der Waals surface area contributed by atoms with Gasteiger partial charge in [-0.1, -0.05) is 41.9 Å². The Kier molecular flexibility index (Phi) is 4.61. The summed E-state index contributed by atoms with van der Waals surface area (Å²) in [5.41, 5.74) is 1.07. The predicted octanol–water partition coefficient (Wildman–Crippen LogP) is 4.73. The molecule has 0 aliphatic heterocycles. The molecule has 0 amide bonds. The zero-order chi connectivity index (χ0) is 13.8. The summed E-state index contributed by atoms with van der Waals surface area (Å²) in [6.07, 6.45) is 0. The highest BCUT2D eigenvalue weighted by atomic mass is 79.9. The van der Waals surface area contributed by atoms with Gasteiger partial charge in [0.1, 0.15) is 5.75 Å². The molecule has 0 atom stereocenters. The number of hydrogen-bond donors (Lipinski definition) is 0. The Morgan fingerprint density at radius 2 is 1.95 bits per heavy atom. The Morgan fingerprint density at radius 1 is 1.26 bits per heavy atom. The van der Waals surface area contributed by atoms with Crippen LogP contribution >= 0.6 is 27.5 Å². The van der Waals surface area contributed by atoms with Gasteiger partial charge < -0.3 is 4.74 Å². The van der Waals surface area contributed by atoms with Crippen LogP contribution in [0.1, 0.15) is 22.8 Å². The second-order valence-corrected chi connectivity index (χ2v) is 5.15. The van der Waals surface area contributed by atoms with Gasteiger partial charge in [0.25, 0.3) is 0 Å². The van der Waals surface area contributed by atoms with Crippen molar-refractivity contribution in [2.75, 3.05) is 6.61 Å². The van der Waals surface area contributed by atoms with Crippen molar-refractivity contribution in [2.45, 2.75) is 6.92 Å². The van der Waals surface area contributed by atoms with Gasteiger partial charge in [0.05, 0.1) is 16.1 Å². The Balaban J connectivity index is 2.41. The third kappa shape index (κ3) is 3.17. The lowest BCUT2D eigenvalue weighted by atomic mass is 10.0. The fourth-order valence-electron chi connectivity index (χ4n) is 1.71. The first kappa shape index (κ1) is 14.1. The molecule has 2 aromatic rings. The third-order valence-electron chi connectivity index (χ3n) is 2.60. The summed E-state index contributed by atoms with van der Waals surface area (Å²) in [4.78, 5) is 12.3. The lowest BCUT2D eigenvalue weighted by Crippen LogP contribution is -2.03. The molecule has 0 aliphatic rings. The van der Waals surface area contributed by atoms with E-state index in [0.717, 1.165) is 4.47 Å². The number of benzene rings is 2. The van der Waals surface area contributed by atoms with Crippen molar-refractivity contribution in [3.05, 3.63) is 63.1 Å². The molecule has 2 rings (SSSR count). The number of carbonyl (C=O) groups is 1. The topological polar surface area (TPSA) is 26.3 Å². The van der Waals surface area contributed by atoms with Gasteiger partial charge in [-0.15, -0.1) is 0 Å². The molecule has 98 valence electrons. The van der Waals surface area contributed by atoms with E-state index < -0.39 is 0 Å². The van der Waals surface area contributed by atoms with Crippen LogP contribution in [0.15, 0.2) is 46.9 Å². The van der Waals surface area contributed by atoms with Crippen LogP contribution < -0.4 is 4.74 Å². The van der Waals surface area contributed by atoms with Gasteiger partial charge in [0, 0.05) is 17.2 Å². The van der Waals surface area contributed by atoms with Gasteiger partial charge in [0.2, 0.25) is 0 Å². The van der Waals surface area contributed by atoms with Crippen molar-refractivity contribution in [3.63, 3.8) is 0 Å². The first-order valence-corrected chi connectivity index (χ1v) is 7.02. The maximum Gasteiger partial charge on any atom is 0.194 e. The van der Waals surface area contributed by atoms with Gasteiger partial charge in [-0.3, -0.25) is 4.79 Å². The first-order chi connectivity index (χ1) is 9.13. The van der Waals surface area contributed by atoms with Crippen LogP contribution in [0.4, 0.5) is 0 Å². The molecule has 0 bridgehead atoms. The van der Waals surface area contributed by atoms with E-state index in [2.05, 4.69) is 15.9 Å². The molecular formula is C15H12BrClO2. The molecule has 2 aromatic carbocycles. The molecule has 0 saturated carbocycles. The number of ketones is 1. The maximum atomic E-state index is 12.3. The van der Waals surface area contributed by atoms with Gasteiger partial charge in [-0.2, -0.15) is 0 Å². The van der Waals surface area contributed by atoms with Crippen LogP contribution in [-0.2, 0) is 0 Å². The molecule has 0 aliphatic carbocycles. The van der Waals surface area contributed by atoms with E-state index in [1.807, 2.05) is 25.1 Å². The number of ether oxygens (including phenoxy) is 1. The maximum absolute atomic E-state index is 12.3. The van der Waals surface area contributed by atoms with E-state index in [1.54, 1.807) is 24.3 Å². The monoisotopic (exact) mass is 338 g/mol. The van der Waals surface area contributed by atoms with Gasteiger partial charge in [-0.05, 0) is 28.9 Å². The standard InChI is InChI=1S/C15H12BrClO2/c1-2-19-14-9-13(17)11(8-12(14)16)15(18)10-6-4-3-5-7-10/h3-9H,2H2,1H3. The third-order valence-corrected chi connectivity index (χ3v) is 3.53. The van der Waals surface area contributed by atoms with Crippen molar-refractivity contribution >= 4 is 33.3 Å². The molecule has 0 radical (unpaired) electrons. The fourth-order valence-corrected chi connectivity index (χ4v) is 2.41. The lowest BCUT2D eigenvalue weighted by Gasteiger charge is -2.10. The summed E-state index contributed by atoms with van der Waals surface area (Å²) in [6, 6.07) is 12.4. The van der Waals surface area contributed by atoms with Gasteiger partial charge >= 0.3 is 0 Å². The van der Waals surface area contributed by atoms with Crippen LogP contribution in [0.5, 0.6) is 5.75 Å². The van der Waals surface area contributed by atoms with Crippen LogP contribution in [0, 0.1) is 0 Å². The number of carbonyl (C=O) groups excluding carboxylic acids is 1. The molecule has 0 spiro atoms. The van der Waals surface area contributed by atoms with Crippen LogP contribution in [0.3, 0.4) is 0 Å². The molecule has 0 N–H and O–H groups in total. The highest BCUT2D eigenvalue weighted by Gasteiger charge is 2.15. The predicted molar refractivity (Wildman–Crippen MR) is 80.2 cm³/mol. The van der Waals surface area contributed by atoms with Crippen LogP contribution in [-0.4, -0.2) is 12.4 Å². The number of hydrogen-bond acceptors (Lipinski definition) is 2. The molecule has 4 heteroatoms. The van der Waals surface area contributed by atoms with E-state index in [-0.39, 0.29) is 5.78 Å². The van der Waals surface area contributed by atoms with Crippen LogP contribution in [0.25, 0.3) is 0 Å². The van der Waals surface area contributed by atoms with E-state index in [1.165, 1.54) is 0 Å². The fraction of sp³-hybridized carbons (Fsp3) is 0.133. The summed E-state index contributed by atoms with van der Waals surface area (Å²) in [6.45, 7) is 2.43. The van der Waals surface area contributed by atoms with Crippen molar-refractivity contribution in [1.82, 2.24) is 0 Å². The zero-order valence-electron chi connectivity index (χ0n) is 10.3. The molecule has 19 heavy (non-hydrogen) atoms. The summed E-state index contributed by atoms with van der Waals surface area (Å²) >= 11 is 9.55. The second-order valence-electron chi connectivity index (χ2n) is 3.89. The molecule has 0 aromatic heterocycles. The van der Waals surface area contributed by atoms with Crippen molar-refractivity contribution in [3.8, 4) is 5.75 Å².